The second-order valence-corrected chi connectivity index (χ2v) is 5.84. The summed E-state index contributed by atoms with van der Waals surface area (Å²) in [6.45, 7) is -0.0566. The lowest BCUT2D eigenvalue weighted by Crippen LogP contribution is -2.20. The van der Waals surface area contributed by atoms with Gasteiger partial charge in [0.05, 0.1) is 6.61 Å². The minimum atomic E-state index is -0.422. The lowest BCUT2D eigenvalue weighted by molar-refractivity contribution is -0.0740. The fourth-order valence-electron chi connectivity index (χ4n) is 2.37. The topological polar surface area (TPSA) is 38.7 Å². The summed E-state index contributed by atoms with van der Waals surface area (Å²) in [6.07, 6.45) is -0.996. The van der Waals surface area contributed by atoms with Gasteiger partial charge in [-0.3, -0.25) is 0 Å². The Kier molecular flexibility index (Phi) is 4.35. The fourth-order valence-corrected chi connectivity index (χ4v) is 3.06. The average molecular weight is 382 g/mol. The van der Waals surface area contributed by atoms with Crippen LogP contribution in [0.3, 0.4) is 0 Å². The number of aliphatic hydroxyl groups is 1. The van der Waals surface area contributed by atoms with E-state index < -0.39 is 6.29 Å². The molecule has 1 fully saturated rings. The van der Waals surface area contributed by atoms with E-state index in [0.717, 1.165) is 14.7 Å². The molecule has 1 aliphatic rings. The third-order valence-corrected chi connectivity index (χ3v) is 4.35. The number of aliphatic hydroxyl groups excluding tert-OH is 1. The Labute approximate surface area is 131 Å². The Morgan fingerprint density at radius 3 is 2.35 bits per heavy atom. The van der Waals surface area contributed by atoms with Crippen molar-refractivity contribution in [3.63, 3.8) is 0 Å². The molecule has 2 aromatic carbocycles. The molecule has 4 heteroatoms. The number of halogens is 1. The van der Waals surface area contributed by atoms with E-state index in [-0.39, 0.29) is 18.8 Å². The number of benzene rings is 2. The van der Waals surface area contributed by atoms with Gasteiger partial charge in [-0.1, -0.05) is 48.5 Å². The van der Waals surface area contributed by atoms with Crippen molar-refractivity contribution < 1.29 is 14.6 Å². The summed E-state index contributed by atoms with van der Waals surface area (Å²) in [5.41, 5.74) is 2.03. The van der Waals surface area contributed by atoms with Gasteiger partial charge in [0.15, 0.2) is 6.29 Å². The maximum atomic E-state index is 9.55. The molecule has 0 aromatic heterocycles. The second-order valence-electron chi connectivity index (χ2n) is 4.68. The van der Waals surface area contributed by atoms with E-state index in [0.29, 0.717) is 0 Å². The van der Waals surface area contributed by atoms with E-state index in [2.05, 4.69) is 22.6 Å². The van der Waals surface area contributed by atoms with Crippen molar-refractivity contribution in [2.24, 2.45) is 0 Å². The molecular weight excluding hydrogens is 367 g/mol. The quantitative estimate of drug-likeness (QED) is 0.827. The summed E-state index contributed by atoms with van der Waals surface area (Å²) in [4.78, 5) is 0. The maximum absolute atomic E-state index is 9.55. The monoisotopic (exact) mass is 382 g/mol. The molecule has 1 N–H and O–H groups in total. The highest BCUT2D eigenvalue weighted by molar-refractivity contribution is 14.1. The van der Waals surface area contributed by atoms with E-state index in [1.54, 1.807) is 0 Å². The summed E-state index contributed by atoms with van der Waals surface area (Å²) in [5, 5.41) is 9.55. The molecule has 1 saturated heterocycles. The zero-order valence-corrected chi connectivity index (χ0v) is 12.9. The number of rotatable bonds is 3. The molecule has 0 spiro atoms. The van der Waals surface area contributed by atoms with Crippen LogP contribution in [0.1, 0.15) is 23.5 Å². The summed E-state index contributed by atoms with van der Waals surface area (Å²) in [5.74, 6) is 0. The van der Waals surface area contributed by atoms with E-state index in [1.165, 1.54) is 0 Å². The van der Waals surface area contributed by atoms with Gasteiger partial charge in [-0.25, -0.2) is 0 Å². The van der Waals surface area contributed by atoms with Crippen molar-refractivity contribution in [3.05, 3.63) is 69.3 Å². The first-order valence-corrected chi connectivity index (χ1v) is 7.58. The molecule has 3 atom stereocenters. The first kappa shape index (κ1) is 14.0. The summed E-state index contributed by atoms with van der Waals surface area (Å²) in [7, 11) is 0. The zero-order valence-electron chi connectivity index (χ0n) is 10.8. The smallest absolute Gasteiger partial charge is 0.185 e. The van der Waals surface area contributed by atoms with Crippen molar-refractivity contribution in [1.29, 1.82) is 0 Å². The van der Waals surface area contributed by atoms with Gasteiger partial charge in [-0.2, -0.15) is 0 Å². The van der Waals surface area contributed by atoms with Gasteiger partial charge in [0.2, 0.25) is 0 Å². The van der Waals surface area contributed by atoms with Gasteiger partial charge in [0.25, 0.3) is 0 Å². The van der Waals surface area contributed by atoms with Crippen LogP contribution in [0.15, 0.2) is 54.6 Å². The summed E-state index contributed by atoms with van der Waals surface area (Å²) < 4.78 is 13.0. The maximum Gasteiger partial charge on any atom is 0.185 e. The second kappa shape index (κ2) is 6.22. The highest BCUT2D eigenvalue weighted by atomic mass is 127. The standard InChI is InChI=1S/C16H15IO3/c17-13-9-5-4-8-12(13)15-14(10-18)19-16(20-15)11-6-2-1-3-7-11/h1-9,14-16,18H,10H2/t14-,15-,16+/m1/s1. The van der Waals surface area contributed by atoms with Crippen molar-refractivity contribution in [3.8, 4) is 0 Å². The predicted octanol–water partition coefficient (Wildman–Crippen LogP) is 3.44. The van der Waals surface area contributed by atoms with Gasteiger partial charge in [0, 0.05) is 9.13 Å². The molecule has 3 rings (SSSR count). The molecule has 3 nitrogen and oxygen atoms in total. The third kappa shape index (κ3) is 2.74. The van der Waals surface area contributed by atoms with Crippen LogP contribution in [-0.4, -0.2) is 17.8 Å². The third-order valence-electron chi connectivity index (χ3n) is 3.37. The Morgan fingerprint density at radius 1 is 0.950 bits per heavy atom. The van der Waals surface area contributed by atoms with Crippen molar-refractivity contribution >= 4 is 22.6 Å². The SMILES string of the molecule is OC[C@H]1O[C@H](c2ccccc2)O[C@@H]1c1ccccc1I. The number of ether oxygens (including phenoxy) is 2. The van der Waals surface area contributed by atoms with Crippen LogP contribution >= 0.6 is 22.6 Å². The lowest BCUT2D eigenvalue weighted by atomic mass is 10.1. The lowest BCUT2D eigenvalue weighted by Gasteiger charge is -2.16. The number of hydrogen-bond donors (Lipinski definition) is 1. The van der Waals surface area contributed by atoms with Crippen LogP contribution in [0.5, 0.6) is 0 Å². The van der Waals surface area contributed by atoms with Gasteiger partial charge in [0.1, 0.15) is 12.2 Å². The molecule has 1 aliphatic heterocycles. The zero-order chi connectivity index (χ0) is 13.9. The van der Waals surface area contributed by atoms with Gasteiger partial charge >= 0.3 is 0 Å². The fraction of sp³-hybridized carbons (Fsp3) is 0.250. The van der Waals surface area contributed by atoms with Crippen molar-refractivity contribution in [1.82, 2.24) is 0 Å². The molecule has 0 saturated carbocycles. The van der Waals surface area contributed by atoms with Gasteiger partial charge in [-0.15, -0.1) is 0 Å². The molecule has 0 aliphatic carbocycles. The van der Waals surface area contributed by atoms with E-state index in [9.17, 15) is 5.11 Å². The Bertz CT molecular complexity index is 573. The van der Waals surface area contributed by atoms with Gasteiger partial charge < -0.3 is 14.6 Å². The summed E-state index contributed by atoms with van der Waals surface area (Å²) >= 11 is 2.28. The molecule has 104 valence electrons. The summed E-state index contributed by atoms with van der Waals surface area (Å²) in [6, 6.07) is 17.8. The van der Waals surface area contributed by atoms with Crippen LogP contribution in [0.25, 0.3) is 0 Å². The van der Waals surface area contributed by atoms with Crippen molar-refractivity contribution in [2.45, 2.75) is 18.5 Å². The Balaban J connectivity index is 1.87. The molecular formula is C16H15IO3. The van der Waals surface area contributed by atoms with Crippen LogP contribution in [0, 0.1) is 3.57 Å². The molecule has 0 bridgehead atoms. The molecule has 1 heterocycles. The van der Waals surface area contributed by atoms with Crippen LogP contribution < -0.4 is 0 Å². The largest absolute Gasteiger partial charge is 0.394 e. The van der Waals surface area contributed by atoms with Gasteiger partial charge in [-0.05, 0) is 34.2 Å². The molecule has 0 amide bonds. The van der Waals surface area contributed by atoms with Crippen molar-refractivity contribution in [2.75, 3.05) is 6.61 Å². The molecule has 2 aromatic rings. The van der Waals surface area contributed by atoms with Crippen LogP contribution in [0.4, 0.5) is 0 Å². The predicted molar refractivity (Wildman–Crippen MR) is 84.1 cm³/mol. The first-order valence-electron chi connectivity index (χ1n) is 6.50. The highest BCUT2D eigenvalue weighted by Gasteiger charge is 2.38. The number of hydrogen-bond acceptors (Lipinski definition) is 3. The minimum absolute atomic E-state index is 0.0566. The molecule has 20 heavy (non-hydrogen) atoms. The Hall–Kier alpha value is -0.950. The molecule has 0 radical (unpaired) electrons. The van der Waals surface area contributed by atoms with E-state index >= 15 is 0 Å². The minimum Gasteiger partial charge on any atom is -0.394 e. The van der Waals surface area contributed by atoms with E-state index in [4.69, 9.17) is 9.47 Å². The van der Waals surface area contributed by atoms with Crippen LogP contribution in [-0.2, 0) is 9.47 Å². The Morgan fingerprint density at radius 2 is 1.65 bits per heavy atom. The highest BCUT2D eigenvalue weighted by Crippen LogP contribution is 2.40. The molecule has 0 unspecified atom stereocenters. The normalized spacial score (nSPS) is 25.8. The van der Waals surface area contributed by atoms with Crippen LogP contribution in [0.2, 0.25) is 0 Å². The van der Waals surface area contributed by atoms with E-state index in [1.807, 2.05) is 54.6 Å². The average Bonchev–Trinajstić information content (AvgIpc) is 2.93. The first-order chi connectivity index (χ1) is 9.79.